The van der Waals surface area contributed by atoms with Crippen LogP contribution in [-0.2, 0) is 11.2 Å². The lowest BCUT2D eigenvalue weighted by Crippen LogP contribution is -2.29. The molecule has 5 rings (SSSR count). The number of nitrogens with zero attached hydrogens (tertiary/aromatic N) is 2. The third kappa shape index (κ3) is 4.55. The highest BCUT2D eigenvalue weighted by Crippen LogP contribution is 2.30. The number of aromatic amines is 1. The van der Waals surface area contributed by atoms with Crippen molar-refractivity contribution in [3.63, 3.8) is 0 Å². The zero-order chi connectivity index (χ0) is 22.8. The number of H-pyrrole nitrogens is 1. The molecular formula is C27H28N4O2. The summed E-state index contributed by atoms with van der Waals surface area (Å²) in [6.07, 6.45) is 3.30. The van der Waals surface area contributed by atoms with Gasteiger partial charge < -0.3 is 19.9 Å². The van der Waals surface area contributed by atoms with E-state index in [0.717, 1.165) is 57.9 Å². The molecule has 0 radical (unpaired) electrons. The smallest absolute Gasteiger partial charge is 0.227 e. The number of methoxy groups -OCH3 is 1. The number of likely N-dealkylation sites (tertiary alicyclic amines) is 1. The molecule has 0 aliphatic carbocycles. The van der Waals surface area contributed by atoms with Crippen LogP contribution in [0.2, 0.25) is 0 Å². The molecule has 1 aliphatic heterocycles. The topological polar surface area (TPSA) is 70.2 Å². The van der Waals surface area contributed by atoms with Crippen LogP contribution < -0.4 is 10.1 Å². The molecule has 2 N–H and O–H groups in total. The van der Waals surface area contributed by atoms with Gasteiger partial charge in [-0.25, -0.2) is 0 Å². The summed E-state index contributed by atoms with van der Waals surface area (Å²) in [5.41, 5.74) is 6.07. The summed E-state index contributed by atoms with van der Waals surface area (Å²) >= 11 is 0. The van der Waals surface area contributed by atoms with Gasteiger partial charge in [-0.05, 0) is 49.2 Å². The first-order valence-electron chi connectivity index (χ1n) is 11.3. The molecule has 1 atom stereocenters. The van der Waals surface area contributed by atoms with Crippen molar-refractivity contribution in [1.82, 2.24) is 14.9 Å². The Kier molecular flexibility index (Phi) is 5.73. The van der Waals surface area contributed by atoms with Crippen molar-refractivity contribution in [2.75, 3.05) is 25.5 Å². The number of nitrogens with one attached hydrogen (secondary N) is 2. The van der Waals surface area contributed by atoms with Gasteiger partial charge in [-0.3, -0.25) is 9.78 Å². The maximum absolute atomic E-state index is 13.0. The van der Waals surface area contributed by atoms with Crippen molar-refractivity contribution in [3.8, 4) is 5.75 Å². The van der Waals surface area contributed by atoms with Crippen LogP contribution in [0.3, 0.4) is 0 Å². The normalized spacial score (nSPS) is 15.7. The number of benzene rings is 2. The maximum atomic E-state index is 13.0. The molecule has 2 aromatic heterocycles. The van der Waals surface area contributed by atoms with Crippen LogP contribution in [0.1, 0.15) is 29.3 Å². The third-order valence-corrected chi connectivity index (χ3v) is 6.31. The zero-order valence-corrected chi connectivity index (χ0v) is 19.0. The van der Waals surface area contributed by atoms with E-state index in [1.54, 1.807) is 7.11 Å². The van der Waals surface area contributed by atoms with Crippen molar-refractivity contribution in [2.45, 2.75) is 25.7 Å². The lowest BCUT2D eigenvalue weighted by molar-refractivity contribution is -0.129. The van der Waals surface area contributed by atoms with Gasteiger partial charge in [0.1, 0.15) is 5.75 Å². The first kappa shape index (κ1) is 21.1. The van der Waals surface area contributed by atoms with Crippen molar-refractivity contribution in [1.29, 1.82) is 0 Å². The van der Waals surface area contributed by atoms with Gasteiger partial charge in [0.25, 0.3) is 0 Å². The molecule has 0 spiro atoms. The van der Waals surface area contributed by atoms with E-state index in [0.29, 0.717) is 13.0 Å². The monoisotopic (exact) mass is 440 g/mol. The molecule has 6 heteroatoms. The molecule has 4 aromatic rings. The standard InChI is InChI=1S/C27H28N4O2/c1-18-12-22(30-21-6-5-7-23(14-21)33-2)15-26(29-18)19-10-11-31(17-19)27(32)13-20-16-28-25-9-4-3-8-24(20)25/h3-9,12,14-16,19,28H,10-11,13,17H2,1-2H3,(H,29,30)/t19-/m0/s1. The van der Waals surface area contributed by atoms with Crippen LogP contribution in [0.25, 0.3) is 10.9 Å². The van der Waals surface area contributed by atoms with E-state index in [-0.39, 0.29) is 11.8 Å². The van der Waals surface area contributed by atoms with Crippen molar-refractivity contribution >= 4 is 28.2 Å². The van der Waals surface area contributed by atoms with Gasteiger partial charge in [0.05, 0.1) is 13.5 Å². The Labute approximate surface area is 193 Å². The molecule has 168 valence electrons. The number of fused-ring (bicyclic) bond motifs is 1. The number of carbonyl (C=O) groups is 1. The van der Waals surface area contributed by atoms with E-state index in [4.69, 9.17) is 9.72 Å². The lowest BCUT2D eigenvalue weighted by atomic mass is 10.0. The average molecular weight is 441 g/mol. The van der Waals surface area contributed by atoms with Gasteiger partial charge >= 0.3 is 0 Å². The van der Waals surface area contributed by atoms with E-state index < -0.39 is 0 Å². The molecule has 1 saturated heterocycles. The van der Waals surface area contributed by atoms with Crippen molar-refractivity contribution in [3.05, 3.63) is 83.8 Å². The van der Waals surface area contributed by atoms with Gasteiger partial charge in [0.15, 0.2) is 0 Å². The predicted octanol–water partition coefficient (Wildman–Crippen LogP) is 5.18. The molecule has 0 bridgehead atoms. The molecular weight excluding hydrogens is 412 g/mol. The minimum atomic E-state index is 0.171. The zero-order valence-electron chi connectivity index (χ0n) is 19.0. The summed E-state index contributed by atoms with van der Waals surface area (Å²) in [4.78, 5) is 23.1. The summed E-state index contributed by atoms with van der Waals surface area (Å²) in [7, 11) is 1.67. The molecule has 6 nitrogen and oxygen atoms in total. The maximum Gasteiger partial charge on any atom is 0.227 e. The van der Waals surface area contributed by atoms with Crippen LogP contribution in [0, 0.1) is 6.92 Å². The second kappa shape index (κ2) is 8.98. The highest BCUT2D eigenvalue weighted by Gasteiger charge is 2.29. The van der Waals surface area contributed by atoms with Gasteiger partial charge in [-0.1, -0.05) is 24.3 Å². The van der Waals surface area contributed by atoms with E-state index in [1.165, 1.54) is 0 Å². The Morgan fingerprint density at radius 3 is 2.91 bits per heavy atom. The quantitative estimate of drug-likeness (QED) is 0.433. The van der Waals surface area contributed by atoms with Crippen LogP contribution in [0.5, 0.6) is 5.75 Å². The van der Waals surface area contributed by atoms with Gasteiger partial charge in [-0.2, -0.15) is 0 Å². The molecule has 3 heterocycles. The molecule has 0 saturated carbocycles. The molecule has 1 aliphatic rings. The first-order chi connectivity index (χ1) is 16.1. The lowest BCUT2D eigenvalue weighted by Gasteiger charge is -2.17. The average Bonchev–Trinajstić information content (AvgIpc) is 3.47. The van der Waals surface area contributed by atoms with Crippen LogP contribution in [0.15, 0.2) is 66.9 Å². The van der Waals surface area contributed by atoms with Gasteiger partial charge in [0.2, 0.25) is 5.91 Å². The van der Waals surface area contributed by atoms with Crippen molar-refractivity contribution in [2.24, 2.45) is 0 Å². The number of pyridine rings is 1. The van der Waals surface area contributed by atoms with Crippen LogP contribution in [0.4, 0.5) is 11.4 Å². The molecule has 0 unspecified atom stereocenters. The number of hydrogen-bond acceptors (Lipinski definition) is 4. The molecule has 33 heavy (non-hydrogen) atoms. The molecule has 2 aromatic carbocycles. The Morgan fingerprint density at radius 1 is 1.15 bits per heavy atom. The fourth-order valence-corrected chi connectivity index (χ4v) is 4.62. The summed E-state index contributed by atoms with van der Waals surface area (Å²) < 4.78 is 5.32. The second-order valence-electron chi connectivity index (χ2n) is 8.64. The number of carbonyl (C=O) groups excluding carboxylic acids is 1. The largest absolute Gasteiger partial charge is 0.497 e. The van der Waals surface area contributed by atoms with E-state index >= 15 is 0 Å². The summed E-state index contributed by atoms with van der Waals surface area (Å²) in [6, 6.07) is 20.1. The number of aromatic nitrogens is 2. The highest BCUT2D eigenvalue weighted by atomic mass is 16.5. The summed E-state index contributed by atoms with van der Waals surface area (Å²) in [6.45, 7) is 3.48. The Balaban J connectivity index is 1.28. The summed E-state index contributed by atoms with van der Waals surface area (Å²) in [5.74, 6) is 1.22. The van der Waals surface area contributed by atoms with Gasteiger partial charge in [-0.15, -0.1) is 0 Å². The van der Waals surface area contributed by atoms with Gasteiger partial charge in [0, 0.05) is 64.9 Å². The van der Waals surface area contributed by atoms with E-state index in [1.807, 2.05) is 66.6 Å². The fraction of sp³-hybridized carbons (Fsp3) is 0.259. The SMILES string of the molecule is COc1cccc(Nc2cc(C)nc([C@H]3CCN(C(=O)Cc4c[nH]c5ccccc45)C3)c2)c1. The Morgan fingerprint density at radius 2 is 2.03 bits per heavy atom. The summed E-state index contributed by atoms with van der Waals surface area (Å²) in [5, 5.41) is 4.58. The molecule has 1 amide bonds. The number of amides is 1. The van der Waals surface area contributed by atoms with E-state index in [2.05, 4.69) is 22.4 Å². The number of para-hydroxylation sites is 1. The Bertz CT molecular complexity index is 1300. The highest BCUT2D eigenvalue weighted by molar-refractivity contribution is 5.89. The molecule has 1 fully saturated rings. The van der Waals surface area contributed by atoms with Crippen molar-refractivity contribution < 1.29 is 9.53 Å². The first-order valence-corrected chi connectivity index (χ1v) is 11.3. The van der Waals surface area contributed by atoms with E-state index in [9.17, 15) is 4.79 Å². The number of aryl methyl sites for hydroxylation is 1. The number of rotatable bonds is 6. The third-order valence-electron chi connectivity index (χ3n) is 6.31. The number of anilines is 2. The number of ether oxygens (including phenoxy) is 1. The second-order valence-corrected chi connectivity index (χ2v) is 8.64. The predicted molar refractivity (Wildman–Crippen MR) is 131 cm³/mol. The number of hydrogen-bond donors (Lipinski definition) is 2. The minimum Gasteiger partial charge on any atom is -0.497 e. The van der Waals surface area contributed by atoms with Crippen LogP contribution in [-0.4, -0.2) is 41.0 Å². The minimum absolute atomic E-state index is 0.171. The Hall–Kier alpha value is -3.80. The van der Waals surface area contributed by atoms with Crippen LogP contribution >= 0.6 is 0 Å². The fourth-order valence-electron chi connectivity index (χ4n) is 4.62.